The molecule has 3 nitrogen and oxygen atoms in total. The predicted octanol–water partition coefficient (Wildman–Crippen LogP) is 0.920. The van der Waals surface area contributed by atoms with Gasteiger partial charge in [-0.05, 0) is 25.2 Å². The van der Waals surface area contributed by atoms with Crippen molar-refractivity contribution in [3.05, 3.63) is 0 Å². The highest BCUT2D eigenvalue weighted by Crippen LogP contribution is 2.29. The van der Waals surface area contributed by atoms with E-state index in [9.17, 15) is 4.79 Å². The average Bonchev–Trinajstić information content (AvgIpc) is 2.00. The van der Waals surface area contributed by atoms with Crippen LogP contribution in [0.5, 0.6) is 0 Å². The van der Waals surface area contributed by atoms with Crippen molar-refractivity contribution in [2.45, 2.75) is 39.2 Å². The van der Waals surface area contributed by atoms with Crippen LogP contribution in [0.4, 0.5) is 0 Å². The molecule has 0 heterocycles. The smallest absolute Gasteiger partial charge is 0.222 e. The molecule has 2 N–H and O–H groups in total. The fourth-order valence-corrected chi connectivity index (χ4v) is 1.54. The first-order chi connectivity index (χ1) is 6.09. The Hall–Kier alpha value is -0.570. The standard InChI is InChI=1S/C10H19NO2/c1-7(2)10(13)11-4-3-8-5-9(12)6-8/h7-9,12H,3-6H2,1-2H3,(H,11,13). The lowest BCUT2D eigenvalue weighted by Crippen LogP contribution is -2.34. The molecule has 1 rings (SSSR count). The van der Waals surface area contributed by atoms with Gasteiger partial charge in [0.25, 0.3) is 0 Å². The van der Waals surface area contributed by atoms with E-state index in [1.807, 2.05) is 13.8 Å². The van der Waals surface area contributed by atoms with Crippen molar-refractivity contribution in [1.29, 1.82) is 0 Å². The van der Waals surface area contributed by atoms with Gasteiger partial charge in [-0.1, -0.05) is 13.8 Å². The molecule has 0 unspecified atom stereocenters. The van der Waals surface area contributed by atoms with Crippen molar-refractivity contribution in [1.82, 2.24) is 5.32 Å². The molecule has 1 fully saturated rings. The van der Waals surface area contributed by atoms with Gasteiger partial charge in [0.2, 0.25) is 5.91 Å². The van der Waals surface area contributed by atoms with E-state index in [1.165, 1.54) is 0 Å². The summed E-state index contributed by atoms with van der Waals surface area (Å²) >= 11 is 0. The molecule has 0 radical (unpaired) electrons. The van der Waals surface area contributed by atoms with Crippen LogP contribution >= 0.6 is 0 Å². The van der Waals surface area contributed by atoms with Crippen LogP contribution in [0.25, 0.3) is 0 Å². The minimum absolute atomic E-state index is 0.0759. The maximum atomic E-state index is 11.1. The van der Waals surface area contributed by atoms with Gasteiger partial charge in [-0.2, -0.15) is 0 Å². The van der Waals surface area contributed by atoms with Crippen molar-refractivity contribution in [3.63, 3.8) is 0 Å². The van der Waals surface area contributed by atoms with Crippen molar-refractivity contribution in [2.75, 3.05) is 6.54 Å². The first-order valence-corrected chi connectivity index (χ1v) is 5.05. The van der Waals surface area contributed by atoms with Gasteiger partial charge in [0.1, 0.15) is 0 Å². The van der Waals surface area contributed by atoms with Gasteiger partial charge < -0.3 is 10.4 Å². The van der Waals surface area contributed by atoms with E-state index in [0.717, 1.165) is 25.8 Å². The third-order valence-electron chi connectivity index (χ3n) is 2.59. The maximum absolute atomic E-state index is 11.1. The Kier molecular flexibility index (Phi) is 3.72. The lowest BCUT2D eigenvalue weighted by atomic mass is 9.80. The Bertz CT molecular complexity index is 174. The molecule has 13 heavy (non-hydrogen) atoms. The maximum Gasteiger partial charge on any atom is 0.222 e. The summed E-state index contributed by atoms with van der Waals surface area (Å²) in [5.74, 6) is 0.828. The van der Waals surface area contributed by atoms with Crippen molar-refractivity contribution >= 4 is 5.91 Å². The highest BCUT2D eigenvalue weighted by molar-refractivity contribution is 5.77. The van der Waals surface area contributed by atoms with Crippen molar-refractivity contribution in [2.24, 2.45) is 11.8 Å². The molecule has 0 aromatic carbocycles. The van der Waals surface area contributed by atoms with Gasteiger partial charge in [0.05, 0.1) is 6.10 Å². The fourth-order valence-electron chi connectivity index (χ4n) is 1.54. The second-order valence-corrected chi connectivity index (χ2v) is 4.23. The third kappa shape index (κ3) is 3.35. The zero-order valence-electron chi connectivity index (χ0n) is 8.42. The molecule has 0 atom stereocenters. The normalized spacial score (nSPS) is 27.1. The zero-order valence-corrected chi connectivity index (χ0v) is 8.42. The Balaban J connectivity index is 1.98. The summed E-state index contributed by atoms with van der Waals surface area (Å²) in [6, 6.07) is 0. The second kappa shape index (κ2) is 4.61. The van der Waals surface area contributed by atoms with Gasteiger partial charge in [-0.3, -0.25) is 4.79 Å². The summed E-state index contributed by atoms with van der Waals surface area (Å²) in [6.45, 7) is 4.54. The molecular weight excluding hydrogens is 166 g/mol. The Morgan fingerprint density at radius 2 is 2.15 bits per heavy atom. The number of aliphatic hydroxyl groups excluding tert-OH is 1. The van der Waals surface area contributed by atoms with Gasteiger partial charge in [0, 0.05) is 12.5 Å². The van der Waals surface area contributed by atoms with Crippen LogP contribution < -0.4 is 5.32 Å². The van der Waals surface area contributed by atoms with Gasteiger partial charge in [0.15, 0.2) is 0 Å². The fraction of sp³-hybridized carbons (Fsp3) is 0.900. The lowest BCUT2D eigenvalue weighted by molar-refractivity contribution is -0.124. The molecule has 1 aliphatic carbocycles. The molecule has 0 aromatic heterocycles. The van der Waals surface area contributed by atoms with Gasteiger partial charge in [-0.25, -0.2) is 0 Å². The molecule has 3 heteroatoms. The Labute approximate surface area is 79.5 Å². The van der Waals surface area contributed by atoms with E-state index in [1.54, 1.807) is 0 Å². The summed E-state index contributed by atoms with van der Waals surface area (Å²) in [4.78, 5) is 11.1. The van der Waals surface area contributed by atoms with E-state index in [-0.39, 0.29) is 17.9 Å². The SMILES string of the molecule is CC(C)C(=O)NCCC1CC(O)C1. The van der Waals surface area contributed by atoms with Crippen LogP contribution in [0, 0.1) is 11.8 Å². The third-order valence-corrected chi connectivity index (χ3v) is 2.59. The van der Waals surface area contributed by atoms with E-state index >= 15 is 0 Å². The number of nitrogens with one attached hydrogen (secondary N) is 1. The van der Waals surface area contributed by atoms with Crippen LogP contribution in [0.1, 0.15) is 33.1 Å². The second-order valence-electron chi connectivity index (χ2n) is 4.23. The highest BCUT2D eigenvalue weighted by atomic mass is 16.3. The molecule has 1 amide bonds. The summed E-state index contributed by atoms with van der Waals surface area (Å²) in [5.41, 5.74) is 0. The topological polar surface area (TPSA) is 49.3 Å². The monoisotopic (exact) mass is 185 g/mol. The van der Waals surface area contributed by atoms with E-state index in [2.05, 4.69) is 5.32 Å². The first kappa shape index (κ1) is 10.5. The number of hydrogen-bond donors (Lipinski definition) is 2. The van der Waals surface area contributed by atoms with Crippen LogP contribution in [0.3, 0.4) is 0 Å². The number of rotatable bonds is 4. The molecule has 0 spiro atoms. The summed E-state index contributed by atoms with van der Waals surface area (Å²) in [7, 11) is 0. The molecule has 1 aliphatic rings. The summed E-state index contributed by atoms with van der Waals surface area (Å²) in [6.07, 6.45) is 2.76. The highest BCUT2D eigenvalue weighted by Gasteiger charge is 2.26. The number of carbonyl (C=O) groups excluding carboxylic acids is 1. The first-order valence-electron chi connectivity index (χ1n) is 5.05. The minimum Gasteiger partial charge on any atom is -0.393 e. The van der Waals surface area contributed by atoms with E-state index < -0.39 is 0 Å². The molecule has 0 bridgehead atoms. The minimum atomic E-state index is -0.0780. The zero-order chi connectivity index (χ0) is 9.84. The number of amides is 1. The largest absolute Gasteiger partial charge is 0.393 e. The number of carbonyl (C=O) groups is 1. The number of hydrogen-bond acceptors (Lipinski definition) is 2. The van der Waals surface area contributed by atoms with Crippen LogP contribution in [-0.2, 0) is 4.79 Å². The van der Waals surface area contributed by atoms with Crippen LogP contribution in [-0.4, -0.2) is 23.7 Å². The molecule has 0 saturated heterocycles. The Morgan fingerprint density at radius 3 is 2.62 bits per heavy atom. The van der Waals surface area contributed by atoms with Crippen molar-refractivity contribution in [3.8, 4) is 0 Å². The molecule has 0 aromatic rings. The van der Waals surface area contributed by atoms with Crippen molar-refractivity contribution < 1.29 is 9.90 Å². The number of aliphatic hydroxyl groups is 1. The van der Waals surface area contributed by atoms with E-state index in [0.29, 0.717) is 5.92 Å². The van der Waals surface area contributed by atoms with Gasteiger partial charge in [-0.15, -0.1) is 0 Å². The predicted molar refractivity (Wildman–Crippen MR) is 51.2 cm³/mol. The molecular formula is C10H19NO2. The summed E-state index contributed by atoms with van der Waals surface area (Å²) < 4.78 is 0. The average molecular weight is 185 g/mol. The quantitative estimate of drug-likeness (QED) is 0.684. The lowest BCUT2D eigenvalue weighted by Gasteiger charge is -2.31. The molecule has 1 saturated carbocycles. The van der Waals surface area contributed by atoms with Crippen LogP contribution in [0.15, 0.2) is 0 Å². The summed E-state index contributed by atoms with van der Waals surface area (Å²) in [5, 5.41) is 11.9. The van der Waals surface area contributed by atoms with Gasteiger partial charge >= 0.3 is 0 Å². The van der Waals surface area contributed by atoms with E-state index in [4.69, 9.17) is 5.11 Å². The molecule has 0 aliphatic heterocycles. The molecule has 76 valence electrons. The van der Waals surface area contributed by atoms with Crippen LogP contribution in [0.2, 0.25) is 0 Å². The Morgan fingerprint density at radius 1 is 1.54 bits per heavy atom.